The van der Waals surface area contributed by atoms with Gasteiger partial charge in [-0.15, -0.1) is 0 Å². The van der Waals surface area contributed by atoms with E-state index in [4.69, 9.17) is 0 Å². The average molecular weight is 823 g/mol. The molecule has 0 bridgehead atoms. The Balaban J connectivity index is 0.906. The molecule has 0 atom stereocenters. The van der Waals surface area contributed by atoms with Gasteiger partial charge in [0.05, 0.1) is 30.7 Å². The summed E-state index contributed by atoms with van der Waals surface area (Å²) in [4.78, 5) is 61.1. The molecule has 0 aromatic heterocycles. The largest absolute Gasteiger partial charge is 0.274 e. The Bertz CT molecular complexity index is 1980. The van der Waals surface area contributed by atoms with Crippen LogP contribution < -0.4 is 0 Å². The third kappa shape index (κ3) is 8.10. The minimum Gasteiger partial charge on any atom is -0.274 e. The first-order valence-electron chi connectivity index (χ1n) is 20.8. The van der Waals surface area contributed by atoms with Gasteiger partial charge in [-0.05, 0) is 82.9 Å². The van der Waals surface area contributed by atoms with E-state index in [0.717, 1.165) is 79.7 Å². The van der Waals surface area contributed by atoms with Crippen LogP contribution in [-0.4, -0.2) is 46.5 Å². The van der Waals surface area contributed by atoms with Gasteiger partial charge in [-0.25, -0.2) is 0 Å². The predicted octanol–water partition coefficient (Wildman–Crippen LogP) is 13.7. The van der Waals surface area contributed by atoms with Crippen LogP contribution in [0.15, 0.2) is 76.6 Å². The molecule has 4 aromatic carbocycles. The lowest BCUT2D eigenvalue weighted by molar-refractivity contribution is 0.0636. The first kappa shape index (κ1) is 39.6. The molecule has 0 saturated carbocycles. The minimum absolute atomic E-state index is 0.167. The number of rotatable bonds is 18. The zero-order chi connectivity index (χ0) is 38.8. The van der Waals surface area contributed by atoms with E-state index in [-0.39, 0.29) is 23.6 Å². The van der Waals surface area contributed by atoms with E-state index in [1.165, 1.54) is 82.5 Å². The first-order valence-corrected chi connectivity index (χ1v) is 24.0. The topological polar surface area (TPSA) is 74.8 Å². The van der Waals surface area contributed by atoms with Crippen molar-refractivity contribution in [3.05, 3.63) is 79.3 Å². The third-order valence-electron chi connectivity index (χ3n) is 11.4. The lowest BCUT2D eigenvalue weighted by Crippen LogP contribution is -2.30. The summed E-state index contributed by atoms with van der Waals surface area (Å²) in [5, 5.41) is 3.91. The summed E-state index contributed by atoms with van der Waals surface area (Å²) in [5.74, 6) is -0.670. The predicted molar refractivity (Wildman–Crippen MR) is 234 cm³/mol. The van der Waals surface area contributed by atoms with Crippen LogP contribution in [0.3, 0.4) is 0 Å². The normalized spacial score (nSPS) is 16.0. The first-order chi connectivity index (χ1) is 27.3. The second-order valence-electron chi connectivity index (χ2n) is 15.5. The number of unbranched alkanes of at least 4 members (excludes halogenated alkanes) is 14. The van der Waals surface area contributed by atoms with Crippen molar-refractivity contribution in [2.75, 3.05) is 13.1 Å². The van der Waals surface area contributed by atoms with E-state index in [0.29, 0.717) is 35.3 Å². The maximum atomic E-state index is 13.4. The number of carbonyl (C=O) groups excluding carboxylic acids is 4. The molecule has 0 spiro atoms. The van der Waals surface area contributed by atoms with Gasteiger partial charge in [-0.1, -0.05) is 151 Å². The lowest BCUT2D eigenvalue weighted by atomic mass is 10.0. The fourth-order valence-corrected chi connectivity index (χ4v) is 13.7. The van der Waals surface area contributed by atoms with Crippen molar-refractivity contribution in [2.45, 2.75) is 136 Å². The highest BCUT2D eigenvalue weighted by molar-refractivity contribution is 8.30. The molecule has 0 N–H and O–H groups in total. The molecule has 6 nitrogen and oxygen atoms in total. The molecule has 56 heavy (non-hydrogen) atoms. The van der Waals surface area contributed by atoms with Gasteiger partial charge < -0.3 is 0 Å². The molecule has 4 heterocycles. The van der Waals surface area contributed by atoms with Crippen molar-refractivity contribution in [1.82, 2.24) is 9.80 Å². The van der Waals surface area contributed by atoms with Crippen molar-refractivity contribution in [3.63, 3.8) is 0 Å². The van der Waals surface area contributed by atoms with E-state index in [2.05, 4.69) is 38.1 Å². The lowest BCUT2D eigenvalue weighted by Gasteiger charge is -2.13. The smallest absolute Gasteiger partial charge is 0.261 e. The van der Waals surface area contributed by atoms with Crippen LogP contribution in [0.1, 0.15) is 158 Å². The van der Waals surface area contributed by atoms with Crippen LogP contribution in [-0.2, 0) is 0 Å². The summed E-state index contributed by atoms with van der Waals surface area (Å²) in [6, 6.07) is 16.3. The second-order valence-corrected chi connectivity index (χ2v) is 20.3. The maximum Gasteiger partial charge on any atom is 0.261 e. The standard InChI is InChI=1S/C46H50N2O4S4/c1-3-5-7-9-11-13-15-17-19-47-41(49)33-21-29-25-37-38(26-30(29)22-34(33)42(47)50)54-45(53-37)46-55-39-27-31-23-35-36(24-32(31)28-40(39)56-46)44(52)48(43(35)51)20-18-16-14-12-10-8-6-4-2/h21-28H,3-20H2,1-2H3. The minimum atomic E-state index is -0.167. The van der Waals surface area contributed by atoms with Gasteiger partial charge in [0.15, 0.2) is 0 Å². The molecule has 10 heteroatoms. The second kappa shape index (κ2) is 17.8. The zero-order valence-electron chi connectivity index (χ0n) is 32.5. The molecule has 4 aliphatic rings. The summed E-state index contributed by atoms with van der Waals surface area (Å²) in [5.41, 5.74) is 2.08. The SMILES string of the molecule is CCCCCCCCCCN1C(=O)c2cc3cc4c(cc3cc2C1=O)SC(=C1Sc2cc3cc5c(cc3cc2S1)C(=O)N(CCCCCCCCCC)C5=O)S4. The fourth-order valence-electron chi connectivity index (χ4n) is 8.23. The molecule has 0 unspecified atom stereocenters. The highest BCUT2D eigenvalue weighted by Gasteiger charge is 2.37. The fraction of sp³-hybridized carbons (Fsp3) is 0.435. The molecule has 4 amide bonds. The number of imide groups is 2. The molecular weight excluding hydrogens is 773 g/mol. The van der Waals surface area contributed by atoms with Crippen LogP contribution >= 0.6 is 47.0 Å². The monoisotopic (exact) mass is 822 g/mol. The van der Waals surface area contributed by atoms with Crippen molar-refractivity contribution >= 4 is 92.2 Å². The molecular formula is C46H50N2O4S4. The Morgan fingerprint density at radius 1 is 0.357 bits per heavy atom. The van der Waals surface area contributed by atoms with Gasteiger partial charge >= 0.3 is 0 Å². The molecule has 0 saturated heterocycles. The van der Waals surface area contributed by atoms with Crippen LogP contribution in [0, 0.1) is 0 Å². The summed E-state index contributed by atoms with van der Waals surface area (Å²) in [7, 11) is 0. The van der Waals surface area contributed by atoms with Gasteiger partial charge in [-0.2, -0.15) is 0 Å². The van der Waals surface area contributed by atoms with E-state index >= 15 is 0 Å². The van der Waals surface area contributed by atoms with E-state index in [1.54, 1.807) is 47.0 Å². The Labute approximate surface area is 347 Å². The molecule has 4 aliphatic heterocycles. The average Bonchev–Trinajstić information content (AvgIpc) is 3.92. The molecule has 8 rings (SSSR count). The van der Waals surface area contributed by atoms with Crippen molar-refractivity contribution in [2.24, 2.45) is 0 Å². The Hall–Kier alpha value is -3.18. The highest BCUT2D eigenvalue weighted by atomic mass is 32.2. The number of carbonyl (C=O) groups is 4. The van der Waals surface area contributed by atoms with Gasteiger partial charge in [-0.3, -0.25) is 29.0 Å². The molecule has 0 radical (unpaired) electrons. The van der Waals surface area contributed by atoms with Crippen molar-refractivity contribution in [3.8, 4) is 0 Å². The van der Waals surface area contributed by atoms with E-state index in [9.17, 15) is 19.2 Å². The molecule has 292 valence electrons. The number of nitrogens with zero attached hydrogens (tertiary/aromatic N) is 2. The van der Waals surface area contributed by atoms with Crippen LogP contribution in [0.25, 0.3) is 21.5 Å². The molecule has 0 fully saturated rings. The van der Waals surface area contributed by atoms with Crippen LogP contribution in [0.4, 0.5) is 0 Å². The summed E-state index contributed by atoms with van der Waals surface area (Å²) in [6.45, 7) is 5.43. The van der Waals surface area contributed by atoms with Crippen LogP contribution in [0.5, 0.6) is 0 Å². The van der Waals surface area contributed by atoms with Crippen molar-refractivity contribution < 1.29 is 19.2 Å². The van der Waals surface area contributed by atoms with Gasteiger partial charge in [0.1, 0.15) is 0 Å². The maximum absolute atomic E-state index is 13.4. The molecule has 0 aliphatic carbocycles. The quantitative estimate of drug-likeness (QED) is 0.0726. The number of fused-ring (bicyclic) bond motifs is 6. The Morgan fingerprint density at radius 3 is 0.875 bits per heavy atom. The van der Waals surface area contributed by atoms with Gasteiger partial charge in [0, 0.05) is 32.7 Å². The Morgan fingerprint density at radius 2 is 0.607 bits per heavy atom. The number of amides is 4. The number of benzene rings is 4. The zero-order valence-corrected chi connectivity index (χ0v) is 35.8. The number of hydrogen-bond acceptors (Lipinski definition) is 8. The number of hydrogen-bond donors (Lipinski definition) is 0. The van der Waals surface area contributed by atoms with Gasteiger partial charge in [0.2, 0.25) is 0 Å². The van der Waals surface area contributed by atoms with E-state index in [1.807, 2.05) is 24.3 Å². The van der Waals surface area contributed by atoms with Gasteiger partial charge in [0.25, 0.3) is 23.6 Å². The number of thioether (sulfide) groups is 4. The van der Waals surface area contributed by atoms with E-state index < -0.39 is 0 Å². The highest BCUT2D eigenvalue weighted by Crippen LogP contribution is 2.62. The summed E-state index contributed by atoms with van der Waals surface area (Å²) in [6.07, 6.45) is 18.8. The van der Waals surface area contributed by atoms with Crippen LogP contribution in [0.2, 0.25) is 0 Å². The summed E-state index contributed by atoms with van der Waals surface area (Å²) >= 11 is 7.02. The van der Waals surface area contributed by atoms with Crippen molar-refractivity contribution in [1.29, 1.82) is 0 Å². The summed E-state index contributed by atoms with van der Waals surface area (Å²) < 4.78 is 2.43. The third-order valence-corrected chi connectivity index (χ3v) is 17.0. The Kier molecular flexibility index (Phi) is 12.6. The molecule has 4 aromatic rings.